The van der Waals surface area contributed by atoms with E-state index in [0.29, 0.717) is 22.9 Å². The second-order valence-electron chi connectivity index (χ2n) is 4.53. The molecule has 5 nitrogen and oxygen atoms in total. The summed E-state index contributed by atoms with van der Waals surface area (Å²) < 4.78 is 10.4. The van der Waals surface area contributed by atoms with E-state index in [9.17, 15) is 4.79 Å². The molecule has 0 saturated carbocycles. The molecule has 1 radical (unpaired) electrons. The SMILES string of the molecule is COc1c[c]ccc1C(=O)Nc1cc(C)c(C)nc1OC. The Morgan fingerprint density at radius 1 is 1.29 bits per heavy atom. The van der Waals surface area contributed by atoms with Gasteiger partial charge in [0, 0.05) is 5.69 Å². The third-order valence-corrected chi connectivity index (χ3v) is 3.16. The number of nitrogens with zero attached hydrogens (tertiary/aromatic N) is 1. The van der Waals surface area contributed by atoms with Gasteiger partial charge in [-0.1, -0.05) is 6.07 Å². The van der Waals surface area contributed by atoms with Crippen molar-refractivity contribution in [3.05, 3.63) is 47.2 Å². The fourth-order valence-corrected chi connectivity index (χ4v) is 1.89. The number of amides is 1. The third-order valence-electron chi connectivity index (χ3n) is 3.16. The van der Waals surface area contributed by atoms with E-state index < -0.39 is 0 Å². The van der Waals surface area contributed by atoms with Crippen LogP contribution in [0.3, 0.4) is 0 Å². The molecule has 0 spiro atoms. The van der Waals surface area contributed by atoms with Gasteiger partial charge in [-0.25, -0.2) is 4.98 Å². The first-order valence-corrected chi connectivity index (χ1v) is 6.44. The van der Waals surface area contributed by atoms with E-state index in [4.69, 9.17) is 9.47 Å². The zero-order chi connectivity index (χ0) is 15.4. The van der Waals surface area contributed by atoms with Gasteiger partial charge < -0.3 is 14.8 Å². The minimum atomic E-state index is -0.288. The fourth-order valence-electron chi connectivity index (χ4n) is 1.89. The number of benzene rings is 1. The summed E-state index contributed by atoms with van der Waals surface area (Å²) in [6.45, 7) is 3.81. The highest BCUT2D eigenvalue weighted by molar-refractivity contribution is 6.06. The maximum atomic E-state index is 12.4. The predicted molar refractivity (Wildman–Crippen MR) is 80.0 cm³/mol. The number of carbonyl (C=O) groups is 1. The Morgan fingerprint density at radius 3 is 2.71 bits per heavy atom. The number of aromatic nitrogens is 1. The van der Waals surface area contributed by atoms with Crippen LogP contribution in [0.15, 0.2) is 24.3 Å². The first kappa shape index (κ1) is 14.8. The monoisotopic (exact) mass is 285 g/mol. The molecule has 0 atom stereocenters. The van der Waals surface area contributed by atoms with Gasteiger partial charge in [0.15, 0.2) is 0 Å². The molecule has 0 aliphatic rings. The van der Waals surface area contributed by atoms with Gasteiger partial charge in [-0.15, -0.1) is 0 Å². The predicted octanol–water partition coefficient (Wildman–Crippen LogP) is 2.77. The summed E-state index contributed by atoms with van der Waals surface area (Å²) >= 11 is 0. The summed E-state index contributed by atoms with van der Waals surface area (Å²) in [4.78, 5) is 16.7. The van der Waals surface area contributed by atoms with Crippen LogP contribution in [0, 0.1) is 19.9 Å². The average Bonchev–Trinajstić information content (AvgIpc) is 2.50. The van der Waals surface area contributed by atoms with Crippen molar-refractivity contribution < 1.29 is 14.3 Å². The number of anilines is 1. The lowest BCUT2D eigenvalue weighted by Crippen LogP contribution is -2.14. The van der Waals surface area contributed by atoms with Crippen LogP contribution in [-0.4, -0.2) is 25.1 Å². The van der Waals surface area contributed by atoms with Crippen LogP contribution in [0.25, 0.3) is 0 Å². The van der Waals surface area contributed by atoms with Gasteiger partial charge in [0.25, 0.3) is 5.91 Å². The molecule has 21 heavy (non-hydrogen) atoms. The standard InChI is InChI=1S/C16H17N2O3/c1-10-9-13(16(21-4)17-11(10)2)18-15(19)12-7-5-6-8-14(12)20-3/h5,7-9H,1-4H3,(H,18,19). The van der Waals surface area contributed by atoms with Gasteiger partial charge in [-0.2, -0.15) is 0 Å². The lowest BCUT2D eigenvalue weighted by molar-refractivity contribution is 0.102. The van der Waals surface area contributed by atoms with Crippen molar-refractivity contribution in [2.45, 2.75) is 13.8 Å². The van der Waals surface area contributed by atoms with Crippen LogP contribution in [0.2, 0.25) is 0 Å². The van der Waals surface area contributed by atoms with Crippen molar-refractivity contribution in [3.63, 3.8) is 0 Å². The van der Waals surface area contributed by atoms with E-state index in [1.807, 2.05) is 19.9 Å². The molecule has 5 heteroatoms. The number of hydrogen-bond donors (Lipinski definition) is 1. The number of ether oxygens (including phenoxy) is 2. The second-order valence-corrected chi connectivity index (χ2v) is 4.53. The number of rotatable bonds is 4. The first-order chi connectivity index (χ1) is 10.1. The summed E-state index contributed by atoms with van der Waals surface area (Å²) in [6, 6.07) is 9.63. The Kier molecular flexibility index (Phi) is 4.42. The average molecular weight is 285 g/mol. The molecule has 1 aromatic carbocycles. The minimum absolute atomic E-state index is 0.288. The normalized spacial score (nSPS) is 10.1. The lowest BCUT2D eigenvalue weighted by Gasteiger charge is -2.13. The van der Waals surface area contributed by atoms with Crippen LogP contribution in [0.5, 0.6) is 11.6 Å². The highest BCUT2D eigenvalue weighted by Gasteiger charge is 2.15. The molecule has 0 aliphatic carbocycles. The molecule has 0 aliphatic heterocycles. The van der Waals surface area contributed by atoms with Crippen LogP contribution in [-0.2, 0) is 0 Å². The highest BCUT2D eigenvalue weighted by atomic mass is 16.5. The molecule has 1 N–H and O–H groups in total. The van der Waals surface area contributed by atoms with E-state index in [1.54, 1.807) is 18.2 Å². The maximum absolute atomic E-state index is 12.4. The van der Waals surface area contributed by atoms with E-state index in [0.717, 1.165) is 11.3 Å². The third kappa shape index (κ3) is 3.13. The largest absolute Gasteiger partial charge is 0.496 e. The maximum Gasteiger partial charge on any atom is 0.259 e. The number of carbonyl (C=O) groups excluding carboxylic acids is 1. The van der Waals surface area contributed by atoms with Gasteiger partial charge in [0.1, 0.15) is 11.4 Å². The molecule has 1 aromatic heterocycles. The van der Waals surface area contributed by atoms with Crippen LogP contribution in [0.4, 0.5) is 5.69 Å². The van der Waals surface area contributed by atoms with Crippen LogP contribution >= 0.6 is 0 Å². The van der Waals surface area contributed by atoms with E-state index in [-0.39, 0.29) is 5.91 Å². The number of pyridine rings is 1. The van der Waals surface area contributed by atoms with Gasteiger partial charge >= 0.3 is 0 Å². The van der Waals surface area contributed by atoms with Crippen molar-refractivity contribution in [1.29, 1.82) is 0 Å². The molecule has 1 heterocycles. The zero-order valence-corrected chi connectivity index (χ0v) is 12.5. The van der Waals surface area contributed by atoms with Crippen LogP contribution < -0.4 is 14.8 Å². The molecule has 0 fully saturated rings. The molecule has 0 bridgehead atoms. The van der Waals surface area contributed by atoms with Crippen LogP contribution in [0.1, 0.15) is 21.6 Å². The molecule has 109 valence electrons. The molecular weight excluding hydrogens is 268 g/mol. The Bertz CT molecular complexity index is 669. The lowest BCUT2D eigenvalue weighted by atomic mass is 10.1. The fraction of sp³-hybridized carbons (Fsp3) is 0.250. The quantitative estimate of drug-likeness (QED) is 0.938. The van der Waals surface area contributed by atoms with Gasteiger partial charge in [-0.3, -0.25) is 4.79 Å². The second kappa shape index (κ2) is 6.26. The Labute approximate surface area is 123 Å². The molecule has 0 saturated heterocycles. The number of methoxy groups -OCH3 is 2. The van der Waals surface area contributed by atoms with Crippen molar-refractivity contribution in [2.75, 3.05) is 19.5 Å². The number of nitrogens with one attached hydrogen (secondary N) is 1. The van der Waals surface area contributed by atoms with Crippen molar-refractivity contribution in [2.24, 2.45) is 0 Å². The van der Waals surface area contributed by atoms with Crippen molar-refractivity contribution in [3.8, 4) is 11.6 Å². The van der Waals surface area contributed by atoms with E-state index in [2.05, 4.69) is 16.4 Å². The summed E-state index contributed by atoms with van der Waals surface area (Å²) in [5.41, 5.74) is 2.79. The van der Waals surface area contributed by atoms with Gasteiger partial charge in [0.2, 0.25) is 5.88 Å². The smallest absolute Gasteiger partial charge is 0.259 e. The molecule has 2 rings (SSSR count). The Morgan fingerprint density at radius 2 is 2.05 bits per heavy atom. The minimum Gasteiger partial charge on any atom is -0.496 e. The van der Waals surface area contributed by atoms with Crippen molar-refractivity contribution >= 4 is 11.6 Å². The topological polar surface area (TPSA) is 60.5 Å². The first-order valence-electron chi connectivity index (χ1n) is 6.44. The number of aryl methyl sites for hydroxylation is 2. The van der Waals surface area contributed by atoms with Gasteiger partial charge in [0.05, 0.1) is 19.8 Å². The molecule has 2 aromatic rings. The summed E-state index contributed by atoms with van der Waals surface area (Å²) in [7, 11) is 3.03. The summed E-state index contributed by atoms with van der Waals surface area (Å²) in [6.07, 6.45) is 0. The van der Waals surface area contributed by atoms with E-state index >= 15 is 0 Å². The number of hydrogen-bond acceptors (Lipinski definition) is 4. The summed E-state index contributed by atoms with van der Waals surface area (Å²) in [5, 5.41) is 2.80. The molecular formula is C16H17N2O3. The molecule has 1 amide bonds. The Balaban J connectivity index is 2.33. The zero-order valence-electron chi connectivity index (χ0n) is 12.5. The van der Waals surface area contributed by atoms with E-state index in [1.165, 1.54) is 14.2 Å². The van der Waals surface area contributed by atoms with Gasteiger partial charge in [-0.05, 0) is 43.7 Å². The highest BCUT2D eigenvalue weighted by Crippen LogP contribution is 2.26. The molecule has 0 unspecified atom stereocenters. The van der Waals surface area contributed by atoms with Crippen molar-refractivity contribution in [1.82, 2.24) is 4.98 Å². The Hall–Kier alpha value is -2.56. The summed E-state index contributed by atoms with van der Waals surface area (Å²) in [5.74, 6) is 0.558.